The van der Waals surface area contributed by atoms with Gasteiger partial charge in [0.1, 0.15) is 10.7 Å². The normalized spacial score (nSPS) is 23.1. The average molecular weight is 329 g/mol. The van der Waals surface area contributed by atoms with Crippen molar-refractivity contribution >= 4 is 9.84 Å². The van der Waals surface area contributed by atoms with Crippen LogP contribution in [0.1, 0.15) is 38.3 Å². The Morgan fingerprint density at radius 1 is 1.41 bits per heavy atom. The van der Waals surface area contributed by atoms with Gasteiger partial charge in [-0.2, -0.15) is 0 Å². The van der Waals surface area contributed by atoms with Crippen LogP contribution < -0.4 is 5.32 Å². The Morgan fingerprint density at radius 3 is 2.64 bits per heavy atom. The van der Waals surface area contributed by atoms with Gasteiger partial charge in [0.15, 0.2) is 9.84 Å². The molecule has 1 aliphatic carbocycles. The van der Waals surface area contributed by atoms with Gasteiger partial charge >= 0.3 is 0 Å². The molecule has 1 fully saturated rings. The molecule has 1 aromatic carbocycles. The highest BCUT2D eigenvalue weighted by Crippen LogP contribution is 2.30. The van der Waals surface area contributed by atoms with E-state index in [9.17, 15) is 12.8 Å². The van der Waals surface area contributed by atoms with E-state index in [1.54, 1.807) is 6.07 Å². The van der Waals surface area contributed by atoms with Gasteiger partial charge in [-0.25, -0.2) is 12.8 Å². The van der Waals surface area contributed by atoms with Crippen LogP contribution >= 0.6 is 0 Å². The minimum Gasteiger partial charge on any atom is -0.378 e. The number of hydrogen-bond donors (Lipinski definition) is 1. The van der Waals surface area contributed by atoms with E-state index in [-0.39, 0.29) is 10.9 Å². The molecule has 0 spiro atoms. The first-order chi connectivity index (χ1) is 10.3. The Bertz CT molecular complexity index is 612. The zero-order valence-corrected chi connectivity index (χ0v) is 14.1. The van der Waals surface area contributed by atoms with E-state index in [1.165, 1.54) is 12.1 Å². The van der Waals surface area contributed by atoms with Crippen molar-refractivity contribution in [3.8, 4) is 0 Å². The summed E-state index contributed by atoms with van der Waals surface area (Å²) >= 11 is 0. The van der Waals surface area contributed by atoms with Crippen LogP contribution in [0.2, 0.25) is 0 Å². The Hall–Kier alpha value is -0.980. The molecule has 1 aliphatic rings. The van der Waals surface area contributed by atoms with Gasteiger partial charge in [0, 0.05) is 18.9 Å². The summed E-state index contributed by atoms with van der Waals surface area (Å²) in [6.07, 6.45) is 3.53. The van der Waals surface area contributed by atoms with Crippen molar-refractivity contribution in [2.24, 2.45) is 5.92 Å². The lowest BCUT2D eigenvalue weighted by Crippen LogP contribution is -2.38. The van der Waals surface area contributed by atoms with Crippen molar-refractivity contribution in [2.45, 2.75) is 43.7 Å². The van der Waals surface area contributed by atoms with Gasteiger partial charge in [-0.1, -0.05) is 6.07 Å². The van der Waals surface area contributed by atoms with Gasteiger partial charge in [-0.05, 0) is 56.8 Å². The summed E-state index contributed by atoms with van der Waals surface area (Å²) in [7, 11) is -3.52. The maximum absolute atomic E-state index is 13.9. The summed E-state index contributed by atoms with van der Waals surface area (Å²) in [6.45, 7) is 5.57. The molecule has 0 bridgehead atoms. The summed E-state index contributed by atoms with van der Waals surface area (Å²) in [5, 5.41) is 3.38. The van der Waals surface area contributed by atoms with E-state index in [0.29, 0.717) is 12.0 Å². The third kappa shape index (κ3) is 4.27. The number of halogens is 1. The highest BCUT2D eigenvalue weighted by molar-refractivity contribution is 7.90. The molecule has 0 amide bonds. The topological polar surface area (TPSA) is 55.4 Å². The van der Waals surface area contributed by atoms with Crippen LogP contribution in [0.5, 0.6) is 0 Å². The molecule has 0 heterocycles. The van der Waals surface area contributed by atoms with E-state index in [2.05, 4.69) is 5.32 Å². The quantitative estimate of drug-likeness (QED) is 0.836. The van der Waals surface area contributed by atoms with Crippen LogP contribution in [0.4, 0.5) is 4.39 Å². The van der Waals surface area contributed by atoms with Crippen molar-refractivity contribution in [1.82, 2.24) is 5.32 Å². The number of nitrogens with one attached hydrogen (secondary N) is 1. The fourth-order valence-corrected chi connectivity index (χ4v) is 3.49. The minimum atomic E-state index is -3.52. The Labute approximate surface area is 132 Å². The summed E-state index contributed by atoms with van der Waals surface area (Å²) in [5.41, 5.74) is 0.755. The zero-order chi connectivity index (χ0) is 16.3. The van der Waals surface area contributed by atoms with Crippen LogP contribution in [0.3, 0.4) is 0 Å². The van der Waals surface area contributed by atoms with Gasteiger partial charge in [0.2, 0.25) is 0 Å². The number of hydrogen-bond acceptors (Lipinski definition) is 4. The molecule has 6 heteroatoms. The first kappa shape index (κ1) is 17.4. The molecular formula is C16H24FNO3S. The predicted octanol–water partition coefficient (Wildman–Crippen LogP) is 2.69. The van der Waals surface area contributed by atoms with E-state index >= 15 is 0 Å². The van der Waals surface area contributed by atoms with Crippen LogP contribution in [0.15, 0.2) is 23.1 Å². The molecule has 1 saturated carbocycles. The minimum absolute atomic E-state index is 0.0192. The molecule has 0 aliphatic heterocycles. The number of rotatable bonds is 7. The zero-order valence-electron chi connectivity index (χ0n) is 13.3. The Morgan fingerprint density at radius 2 is 2.09 bits per heavy atom. The summed E-state index contributed by atoms with van der Waals surface area (Å²) in [6, 6.07) is 4.29. The molecule has 124 valence electrons. The van der Waals surface area contributed by atoms with Crippen LogP contribution in [-0.4, -0.2) is 33.9 Å². The largest absolute Gasteiger partial charge is 0.378 e. The van der Waals surface area contributed by atoms with Crippen LogP contribution in [0.25, 0.3) is 0 Å². The highest BCUT2D eigenvalue weighted by Gasteiger charge is 2.29. The molecular weight excluding hydrogens is 305 g/mol. The molecule has 1 aromatic rings. The average Bonchev–Trinajstić information content (AvgIpc) is 2.39. The first-order valence-electron chi connectivity index (χ1n) is 7.65. The molecule has 0 radical (unpaired) electrons. The fourth-order valence-electron chi connectivity index (χ4n) is 2.76. The predicted molar refractivity (Wildman–Crippen MR) is 84.1 cm³/mol. The maximum Gasteiger partial charge on any atom is 0.178 e. The standard InChI is InChI=1S/C16H24FNO3S/c1-4-21-14-7-12(8-14)10-18-11(2)13-5-6-16(15(17)9-13)22(3,19)20/h5-6,9,11-12,14,18H,4,7-8,10H2,1-3H3. The van der Waals surface area contributed by atoms with Crippen molar-refractivity contribution < 1.29 is 17.5 Å². The lowest BCUT2D eigenvalue weighted by atomic mass is 9.82. The van der Waals surface area contributed by atoms with Crippen LogP contribution in [-0.2, 0) is 14.6 Å². The Balaban J connectivity index is 1.88. The second kappa shape index (κ2) is 7.06. The molecule has 22 heavy (non-hydrogen) atoms. The molecule has 2 rings (SSSR count). The van der Waals surface area contributed by atoms with E-state index in [0.717, 1.165) is 37.8 Å². The smallest absolute Gasteiger partial charge is 0.178 e. The van der Waals surface area contributed by atoms with Gasteiger partial charge < -0.3 is 10.1 Å². The molecule has 0 saturated heterocycles. The van der Waals surface area contributed by atoms with Gasteiger partial charge in [0.05, 0.1) is 6.10 Å². The van der Waals surface area contributed by atoms with Crippen molar-refractivity contribution in [3.05, 3.63) is 29.6 Å². The van der Waals surface area contributed by atoms with Crippen molar-refractivity contribution in [1.29, 1.82) is 0 Å². The Kier molecular flexibility index (Phi) is 5.58. The molecule has 1 unspecified atom stereocenters. The molecule has 0 aromatic heterocycles. The third-order valence-corrected chi connectivity index (χ3v) is 5.29. The maximum atomic E-state index is 13.9. The highest BCUT2D eigenvalue weighted by atomic mass is 32.2. The second-order valence-corrected chi connectivity index (χ2v) is 7.99. The summed E-state index contributed by atoms with van der Waals surface area (Å²) in [4.78, 5) is -0.248. The lowest BCUT2D eigenvalue weighted by molar-refractivity contribution is -0.0243. The first-order valence-corrected chi connectivity index (χ1v) is 9.55. The van der Waals surface area contributed by atoms with Gasteiger partial charge in [-0.3, -0.25) is 0 Å². The summed E-state index contributed by atoms with van der Waals surface area (Å²) < 4.78 is 42.2. The number of sulfone groups is 1. The van der Waals surface area contributed by atoms with Crippen molar-refractivity contribution in [2.75, 3.05) is 19.4 Å². The molecule has 4 nitrogen and oxygen atoms in total. The SMILES string of the molecule is CCOC1CC(CNC(C)c2ccc(S(C)(=O)=O)c(F)c2)C1. The molecule has 1 atom stereocenters. The van der Waals surface area contributed by atoms with Crippen LogP contribution in [0, 0.1) is 11.7 Å². The van der Waals surface area contributed by atoms with E-state index < -0.39 is 15.7 Å². The monoisotopic (exact) mass is 329 g/mol. The van der Waals surface area contributed by atoms with E-state index in [1.807, 2.05) is 13.8 Å². The molecule has 1 N–H and O–H groups in total. The number of ether oxygens (including phenoxy) is 1. The van der Waals surface area contributed by atoms with E-state index in [4.69, 9.17) is 4.74 Å². The second-order valence-electron chi connectivity index (χ2n) is 6.01. The fraction of sp³-hybridized carbons (Fsp3) is 0.625. The summed E-state index contributed by atoms with van der Waals surface area (Å²) in [5.74, 6) is -0.0900. The number of benzene rings is 1. The van der Waals surface area contributed by atoms with Gasteiger partial charge in [0.25, 0.3) is 0 Å². The third-order valence-electron chi connectivity index (χ3n) is 4.16. The van der Waals surface area contributed by atoms with Crippen molar-refractivity contribution in [3.63, 3.8) is 0 Å². The lowest BCUT2D eigenvalue weighted by Gasteiger charge is -2.35. The van der Waals surface area contributed by atoms with Gasteiger partial charge in [-0.15, -0.1) is 0 Å².